The number of carbonyl (C=O) groups is 2. The topological polar surface area (TPSA) is 92.6 Å². The molecule has 2 aromatic heterocycles. The normalized spacial score (nSPS) is 23.9. The summed E-state index contributed by atoms with van der Waals surface area (Å²) in [6.07, 6.45) is 9.56. The second-order valence-corrected chi connectivity index (χ2v) is 15.2. The van der Waals surface area contributed by atoms with Crippen molar-refractivity contribution in [1.29, 1.82) is 0 Å². The van der Waals surface area contributed by atoms with Crippen molar-refractivity contribution in [2.45, 2.75) is 51.6 Å². The number of rotatable bonds is 9. The fourth-order valence-electron chi connectivity index (χ4n) is 9.52. The molecule has 4 saturated carbocycles. The number of hydrogen-bond acceptors (Lipinski definition) is 6. The van der Waals surface area contributed by atoms with Crippen LogP contribution < -0.4 is 15.0 Å². The Morgan fingerprint density at radius 1 is 0.846 bits per heavy atom. The largest absolute Gasteiger partial charge is 0.492 e. The number of anilines is 1. The summed E-state index contributed by atoms with van der Waals surface area (Å²) in [5.74, 6) is 2.57. The Labute approximate surface area is 301 Å². The van der Waals surface area contributed by atoms with Crippen LogP contribution in [0.25, 0.3) is 16.8 Å². The third-order valence-electron chi connectivity index (χ3n) is 11.5. The molecule has 2 amide bonds. The van der Waals surface area contributed by atoms with Crippen molar-refractivity contribution in [1.82, 2.24) is 25.0 Å². The van der Waals surface area contributed by atoms with E-state index in [9.17, 15) is 22.8 Å². The summed E-state index contributed by atoms with van der Waals surface area (Å²) in [7, 11) is 0. The van der Waals surface area contributed by atoms with Crippen molar-refractivity contribution >= 4 is 17.5 Å². The number of carbonyl (C=O) groups excluding carboxylic acids is 2. The van der Waals surface area contributed by atoms with E-state index in [2.05, 4.69) is 20.3 Å². The van der Waals surface area contributed by atoms with Gasteiger partial charge in [-0.15, -0.1) is 0 Å². The van der Waals surface area contributed by atoms with Crippen LogP contribution in [0.5, 0.6) is 5.75 Å². The fourth-order valence-corrected chi connectivity index (χ4v) is 9.52. The standard InChI is InChI=1S/C40H43F3N6O3/c1-2-52-36-16-31(21-44-23-36)32-22-46-49(24-32)35-15-30(14-33(17-35)40(41,42)43)38(51)48-9-7-47(8-10-48)34-5-3-29(4-6-34)37(50)45-25-39-18-26-11-27(19-39)13-28(12-26)20-39/h3-6,14-17,21-24,26-28H,2,7-13,18-20,25H2,1H3,(H,45,50). The maximum atomic E-state index is 14.1. The summed E-state index contributed by atoms with van der Waals surface area (Å²) >= 11 is 0. The van der Waals surface area contributed by atoms with Crippen LogP contribution in [0.3, 0.4) is 0 Å². The molecule has 4 aliphatic carbocycles. The molecule has 9 rings (SSSR count). The van der Waals surface area contributed by atoms with Crippen molar-refractivity contribution in [3.63, 3.8) is 0 Å². The molecule has 272 valence electrons. The number of alkyl halides is 3. The SMILES string of the molecule is CCOc1cncc(-c2cnn(-c3cc(C(=O)N4CCN(c5ccc(C(=O)NCC67CC8CC(CC(C8)C6)C7)cc5)CC4)cc(C(F)(F)F)c3)c2)c1. The molecule has 1 N–H and O–H groups in total. The Balaban J connectivity index is 0.907. The predicted molar refractivity (Wildman–Crippen MR) is 190 cm³/mol. The molecule has 12 heteroatoms. The lowest BCUT2D eigenvalue weighted by atomic mass is 9.49. The van der Waals surface area contributed by atoms with Gasteiger partial charge in [0.15, 0.2) is 0 Å². The molecule has 9 nitrogen and oxygen atoms in total. The highest BCUT2D eigenvalue weighted by molar-refractivity contribution is 5.95. The Bertz CT molecular complexity index is 1910. The van der Waals surface area contributed by atoms with E-state index >= 15 is 0 Å². The third-order valence-corrected chi connectivity index (χ3v) is 11.5. The first-order valence-electron chi connectivity index (χ1n) is 18.3. The number of hydrogen-bond donors (Lipinski definition) is 1. The molecule has 0 atom stereocenters. The van der Waals surface area contributed by atoms with Crippen molar-refractivity contribution < 1.29 is 27.5 Å². The highest BCUT2D eigenvalue weighted by Crippen LogP contribution is 2.59. The van der Waals surface area contributed by atoms with Gasteiger partial charge in [-0.2, -0.15) is 18.3 Å². The van der Waals surface area contributed by atoms with Crippen LogP contribution in [0.4, 0.5) is 18.9 Å². The van der Waals surface area contributed by atoms with Crippen LogP contribution in [-0.4, -0.2) is 70.8 Å². The lowest BCUT2D eigenvalue weighted by molar-refractivity contribution is -0.137. The third kappa shape index (κ3) is 6.99. The number of nitrogens with one attached hydrogen (secondary N) is 1. The van der Waals surface area contributed by atoms with Crippen LogP contribution in [0.1, 0.15) is 71.7 Å². The Morgan fingerprint density at radius 2 is 1.54 bits per heavy atom. The van der Waals surface area contributed by atoms with E-state index in [4.69, 9.17) is 4.74 Å². The van der Waals surface area contributed by atoms with Gasteiger partial charge in [0.05, 0.1) is 30.3 Å². The molecular formula is C40H43F3N6O3. The molecule has 5 aliphatic rings. The number of aromatic nitrogens is 3. The van der Waals surface area contributed by atoms with Gasteiger partial charge in [-0.05, 0) is 117 Å². The second kappa shape index (κ2) is 13.6. The van der Waals surface area contributed by atoms with E-state index in [1.165, 1.54) is 55.5 Å². The summed E-state index contributed by atoms with van der Waals surface area (Å²) in [5, 5.41) is 7.56. The number of amides is 2. The number of benzene rings is 2. The quantitative estimate of drug-likeness (QED) is 0.197. The highest BCUT2D eigenvalue weighted by atomic mass is 19.4. The zero-order valence-electron chi connectivity index (χ0n) is 29.2. The first-order valence-corrected chi connectivity index (χ1v) is 18.3. The van der Waals surface area contributed by atoms with Gasteiger partial charge in [-0.3, -0.25) is 14.6 Å². The summed E-state index contributed by atoms with van der Waals surface area (Å²) in [4.78, 5) is 34.7. The molecule has 0 radical (unpaired) electrons. The maximum Gasteiger partial charge on any atom is 0.416 e. The molecule has 1 aliphatic heterocycles. The highest BCUT2D eigenvalue weighted by Gasteiger charge is 2.50. The molecular weight excluding hydrogens is 669 g/mol. The van der Waals surface area contributed by atoms with E-state index in [1.807, 2.05) is 31.2 Å². The number of nitrogens with zero attached hydrogens (tertiary/aromatic N) is 5. The smallest absolute Gasteiger partial charge is 0.416 e. The Kier molecular flexibility index (Phi) is 8.95. The van der Waals surface area contributed by atoms with Gasteiger partial charge in [0, 0.05) is 73.1 Å². The molecule has 0 spiro atoms. The van der Waals surface area contributed by atoms with E-state index in [1.54, 1.807) is 29.6 Å². The van der Waals surface area contributed by atoms with Gasteiger partial charge in [-0.1, -0.05) is 0 Å². The molecule has 4 aromatic rings. The van der Waals surface area contributed by atoms with E-state index in [0.29, 0.717) is 55.2 Å². The summed E-state index contributed by atoms with van der Waals surface area (Å²) in [6, 6.07) is 12.7. The van der Waals surface area contributed by atoms with Crippen molar-refractivity contribution in [2.24, 2.45) is 23.2 Å². The zero-order valence-corrected chi connectivity index (χ0v) is 29.2. The molecule has 4 bridgehead atoms. The summed E-state index contributed by atoms with van der Waals surface area (Å²) in [6.45, 7) is 4.78. The fraction of sp³-hybridized carbons (Fsp3) is 0.450. The maximum absolute atomic E-state index is 14.1. The van der Waals surface area contributed by atoms with E-state index in [-0.39, 0.29) is 22.6 Å². The van der Waals surface area contributed by atoms with Crippen LogP contribution in [0.2, 0.25) is 0 Å². The first kappa shape index (κ1) is 34.2. The van der Waals surface area contributed by atoms with E-state index in [0.717, 1.165) is 42.1 Å². The molecule has 1 saturated heterocycles. The molecule has 3 heterocycles. The van der Waals surface area contributed by atoms with Gasteiger partial charge in [0.25, 0.3) is 11.8 Å². The number of halogens is 3. The van der Waals surface area contributed by atoms with Gasteiger partial charge < -0.3 is 19.9 Å². The Hall–Kier alpha value is -4.87. The van der Waals surface area contributed by atoms with Gasteiger partial charge >= 0.3 is 6.18 Å². The van der Waals surface area contributed by atoms with Gasteiger partial charge in [-0.25, -0.2) is 4.68 Å². The van der Waals surface area contributed by atoms with Crippen LogP contribution in [0.15, 0.2) is 73.3 Å². The van der Waals surface area contributed by atoms with E-state index < -0.39 is 17.6 Å². The first-order chi connectivity index (χ1) is 25.0. The summed E-state index contributed by atoms with van der Waals surface area (Å²) in [5.41, 5.74) is 2.31. The van der Waals surface area contributed by atoms with Crippen LogP contribution >= 0.6 is 0 Å². The summed E-state index contributed by atoms with van der Waals surface area (Å²) < 4.78 is 49.0. The van der Waals surface area contributed by atoms with Crippen LogP contribution in [-0.2, 0) is 6.18 Å². The van der Waals surface area contributed by atoms with Crippen LogP contribution in [0, 0.1) is 23.2 Å². The molecule has 52 heavy (non-hydrogen) atoms. The number of ether oxygens (including phenoxy) is 1. The van der Waals surface area contributed by atoms with Crippen molar-refractivity contribution in [2.75, 3.05) is 44.2 Å². The van der Waals surface area contributed by atoms with Crippen molar-refractivity contribution in [3.8, 4) is 22.6 Å². The Morgan fingerprint density at radius 3 is 2.19 bits per heavy atom. The lowest BCUT2D eigenvalue weighted by Crippen LogP contribution is -2.51. The minimum absolute atomic E-state index is 0.0442. The molecule has 2 aromatic carbocycles. The molecule has 5 fully saturated rings. The number of pyridine rings is 1. The second-order valence-electron chi connectivity index (χ2n) is 15.2. The monoisotopic (exact) mass is 712 g/mol. The minimum atomic E-state index is -4.66. The average Bonchev–Trinajstić information content (AvgIpc) is 3.64. The predicted octanol–water partition coefficient (Wildman–Crippen LogP) is 7.26. The minimum Gasteiger partial charge on any atom is -0.492 e. The molecule has 0 unspecified atom stereocenters. The lowest BCUT2D eigenvalue weighted by Gasteiger charge is -2.56. The zero-order chi connectivity index (χ0) is 36.0. The van der Waals surface area contributed by atoms with Gasteiger partial charge in [0.2, 0.25) is 0 Å². The van der Waals surface area contributed by atoms with Gasteiger partial charge in [0.1, 0.15) is 5.75 Å². The average molecular weight is 713 g/mol. The number of piperazine rings is 1. The van der Waals surface area contributed by atoms with Crippen molar-refractivity contribution in [3.05, 3.63) is 90.0 Å².